The highest BCUT2D eigenvalue weighted by atomic mass is 35.5. The summed E-state index contributed by atoms with van der Waals surface area (Å²) in [5.74, 6) is 0.208. The van der Waals surface area contributed by atoms with E-state index in [4.69, 9.17) is 23.2 Å². The lowest BCUT2D eigenvalue weighted by Gasteiger charge is -2.11. The van der Waals surface area contributed by atoms with E-state index in [1.54, 1.807) is 0 Å². The number of benzene rings is 2. The third-order valence-electron chi connectivity index (χ3n) is 3.14. The Kier molecular flexibility index (Phi) is 5.49. The number of halogens is 3. The second-order valence-corrected chi connectivity index (χ2v) is 6.33. The predicted molar refractivity (Wildman–Crippen MR) is 88.7 cm³/mol. The summed E-state index contributed by atoms with van der Waals surface area (Å²) in [5.41, 5.74) is 3.01. The molecule has 0 radical (unpaired) electrons. The summed E-state index contributed by atoms with van der Waals surface area (Å²) in [7, 11) is 0. The van der Waals surface area contributed by atoms with Gasteiger partial charge in [0.15, 0.2) is 0 Å². The van der Waals surface area contributed by atoms with Gasteiger partial charge in [-0.15, -0.1) is 0 Å². The summed E-state index contributed by atoms with van der Waals surface area (Å²) in [6.07, 6.45) is 1.07. The van der Waals surface area contributed by atoms with Crippen LogP contribution in [0.1, 0.15) is 25.0 Å². The maximum absolute atomic E-state index is 13.1. The molecule has 0 atom stereocenters. The Balaban J connectivity index is 2.03. The van der Waals surface area contributed by atoms with Crippen molar-refractivity contribution < 1.29 is 4.39 Å². The fourth-order valence-corrected chi connectivity index (χ4v) is 2.76. The van der Waals surface area contributed by atoms with Crippen LogP contribution in [0.3, 0.4) is 0 Å². The zero-order valence-electron chi connectivity index (χ0n) is 12.1. The summed E-state index contributed by atoms with van der Waals surface area (Å²) in [4.78, 5) is 0. The second kappa shape index (κ2) is 7.15. The topological polar surface area (TPSA) is 12.0 Å². The van der Waals surface area contributed by atoms with Crippen LogP contribution in [-0.2, 0) is 13.0 Å². The molecule has 0 aromatic heterocycles. The van der Waals surface area contributed by atoms with Crippen LogP contribution in [0, 0.1) is 11.7 Å². The van der Waals surface area contributed by atoms with Gasteiger partial charge in [0.2, 0.25) is 0 Å². The fourth-order valence-electron chi connectivity index (χ4n) is 2.17. The monoisotopic (exact) mass is 325 g/mol. The SMILES string of the molecule is CC(C)Cc1ccc(CNc2c(Cl)cc(F)cc2Cl)cc1. The van der Waals surface area contributed by atoms with Gasteiger partial charge in [0.05, 0.1) is 15.7 Å². The predicted octanol–water partition coefficient (Wildman–Crippen LogP) is 5.94. The van der Waals surface area contributed by atoms with Gasteiger partial charge in [-0.2, -0.15) is 0 Å². The van der Waals surface area contributed by atoms with Crippen LogP contribution in [-0.4, -0.2) is 0 Å². The molecule has 0 saturated carbocycles. The quantitative estimate of drug-likeness (QED) is 0.716. The van der Waals surface area contributed by atoms with E-state index in [2.05, 4.69) is 43.4 Å². The van der Waals surface area contributed by atoms with Gasteiger partial charge < -0.3 is 5.32 Å². The van der Waals surface area contributed by atoms with Crippen LogP contribution in [0.5, 0.6) is 0 Å². The van der Waals surface area contributed by atoms with Crippen molar-refractivity contribution in [1.29, 1.82) is 0 Å². The summed E-state index contributed by atoms with van der Waals surface area (Å²) >= 11 is 12.0. The summed E-state index contributed by atoms with van der Waals surface area (Å²) in [6, 6.07) is 10.9. The van der Waals surface area contributed by atoms with Crippen LogP contribution in [0.2, 0.25) is 10.0 Å². The Bertz CT molecular complexity index is 586. The first-order valence-corrected chi connectivity index (χ1v) is 7.67. The number of hydrogen-bond donors (Lipinski definition) is 1. The lowest BCUT2D eigenvalue weighted by Crippen LogP contribution is -2.02. The van der Waals surface area contributed by atoms with Gasteiger partial charge in [-0.3, -0.25) is 0 Å². The van der Waals surface area contributed by atoms with Crippen molar-refractivity contribution in [3.63, 3.8) is 0 Å². The molecule has 0 aliphatic rings. The van der Waals surface area contributed by atoms with Gasteiger partial charge in [-0.25, -0.2) is 4.39 Å². The van der Waals surface area contributed by atoms with Crippen LogP contribution in [0.4, 0.5) is 10.1 Å². The molecule has 0 fully saturated rings. The van der Waals surface area contributed by atoms with Gasteiger partial charge in [0, 0.05) is 6.54 Å². The largest absolute Gasteiger partial charge is 0.379 e. The summed E-state index contributed by atoms with van der Waals surface area (Å²) in [5, 5.41) is 3.73. The summed E-state index contributed by atoms with van der Waals surface area (Å²) < 4.78 is 13.1. The molecule has 2 rings (SSSR count). The van der Waals surface area contributed by atoms with Crippen molar-refractivity contribution in [3.05, 3.63) is 63.4 Å². The van der Waals surface area contributed by atoms with Gasteiger partial charge in [0.25, 0.3) is 0 Å². The molecular formula is C17H18Cl2FN. The molecule has 0 bridgehead atoms. The first-order chi connectivity index (χ1) is 9.95. The minimum Gasteiger partial charge on any atom is -0.379 e. The molecule has 0 amide bonds. The molecule has 1 N–H and O–H groups in total. The van der Waals surface area contributed by atoms with Crippen LogP contribution in [0.15, 0.2) is 36.4 Å². The molecule has 4 heteroatoms. The Morgan fingerprint density at radius 3 is 2.05 bits per heavy atom. The van der Waals surface area contributed by atoms with Crippen molar-refractivity contribution in [1.82, 2.24) is 0 Å². The highest BCUT2D eigenvalue weighted by molar-refractivity contribution is 6.39. The molecule has 2 aromatic carbocycles. The van der Waals surface area contributed by atoms with Gasteiger partial charge in [-0.1, -0.05) is 61.3 Å². The van der Waals surface area contributed by atoms with Crippen molar-refractivity contribution >= 4 is 28.9 Å². The zero-order valence-corrected chi connectivity index (χ0v) is 13.6. The maximum atomic E-state index is 13.1. The van der Waals surface area contributed by atoms with E-state index in [1.807, 2.05) is 0 Å². The van der Waals surface area contributed by atoms with Crippen molar-refractivity contribution in [2.75, 3.05) is 5.32 Å². The third-order valence-corrected chi connectivity index (χ3v) is 3.74. The average molecular weight is 326 g/mol. The van der Waals surface area contributed by atoms with E-state index in [1.165, 1.54) is 17.7 Å². The van der Waals surface area contributed by atoms with Crippen LogP contribution < -0.4 is 5.32 Å². The molecule has 1 nitrogen and oxygen atoms in total. The number of rotatable bonds is 5. The maximum Gasteiger partial charge on any atom is 0.126 e. The van der Waals surface area contributed by atoms with Crippen molar-refractivity contribution in [2.24, 2.45) is 5.92 Å². The normalized spacial score (nSPS) is 11.0. The molecule has 0 saturated heterocycles. The molecule has 0 aliphatic carbocycles. The minimum atomic E-state index is -0.436. The first kappa shape index (κ1) is 16.1. The van der Waals surface area contributed by atoms with Gasteiger partial charge in [-0.05, 0) is 35.6 Å². The van der Waals surface area contributed by atoms with Crippen molar-refractivity contribution in [3.8, 4) is 0 Å². The molecule has 112 valence electrons. The average Bonchev–Trinajstić information content (AvgIpc) is 2.38. The molecule has 21 heavy (non-hydrogen) atoms. The third kappa shape index (κ3) is 4.62. The first-order valence-electron chi connectivity index (χ1n) is 6.92. The van der Waals surface area contributed by atoms with Gasteiger partial charge in [0.1, 0.15) is 5.82 Å². The van der Waals surface area contributed by atoms with Crippen LogP contribution in [0.25, 0.3) is 0 Å². The highest BCUT2D eigenvalue weighted by Crippen LogP contribution is 2.31. The molecule has 0 unspecified atom stereocenters. The lowest BCUT2D eigenvalue weighted by atomic mass is 10.0. The molecule has 2 aromatic rings. The van der Waals surface area contributed by atoms with Crippen molar-refractivity contribution in [2.45, 2.75) is 26.8 Å². The van der Waals surface area contributed by atoms with Gasteiger partial charge >= 0.3 is 0 Å². The van der Waals surface area contributed by atoms with E-state index in [9.17, 15) is 4.39 Å². The number of hydrogen-bond acceptors (Lipinski definition) is 1. The van der Waals surface area contributed by atoms with E-state index < -0.39 is 5.82 Å². The molecule has 0 heterocycles. The van der Waals surface area contributed by atoms with Crippen LogP contribution >= 0.6 is 23.2 Å². The zero-order chi connectivity index (χ0) is 15.4. The fraction of sp³-hybridized carbons (Fsp3) is 0.294. The van der Waals surface area contributed by atoms with E-state index in [0.29, 0.717) is 18.2 Å². The molecular weight excluding hydrogens is 308 g/mol. The lowest BCUT2D eigenvalue weighted by molar-refractivity contribution is 0.628. The number of nitrogens with one attached hydrogen (secondary N) is 1. The minimum absolute atomic E-state index is 0.288. The van der Waals surface area contributed by atoms with E-state index >= 15 is 0 Å². The standard InChI is InChI=1S/C17H18Cl2FN/c1-11(2)7-12-3-5-13(6-4-12)10-21-17-15(18)8-14(20)9-16(17)19/h3-6,8-9,11,21H,7,10H2,1-2H3. The van der Waals surface area contributed by atoms with E-state index in [0.717, 1.165) is 12.0 Å². The smallest absolute Gasteiger partial charge is 0.126 e. The Morgan fingerprint density at radius 1 is 1.00 bits per heavy atom. The number of anilines is 1. The Morgan fingerprint density at radius 2 is 1.52 bits per heavy atom. The highest BCUT2D eigenvalue weighted by Gasteiger charge is 2.08. The second-order valence-electron chi connectivity index (χ2n) is 5.51. The summed E-state index contributed by atoms with van der Waals surface area (Å²) in [6.45, 7) is 5.00. The Hall–Kier alpha value is -1.25. The molecule has 0 spiro atoms. The van der Waals surface area contributed by atoms with E-state index in [-0.39, 0.29) is 10.0 Å². The molecule has 0 aliphatic heterocycles. The Labute approximate surface area is 135 Å².